The summed E-state index contributed by atoms with van der Waals surface area (Å²) in [6.45, 7) is 11.4. The number of allylic oxidation sites excluding steroid dienone is 2. The van der Waals surface area contributed by atoms with E-state index >= 15 is 0 Å². The van der Waals surface area contributed by atoms with Gasteiger partial charge in [0, 0.05) is 6.42 Å². The number of aliphatic hydroxyl groups is 1. The molecular formula is C26H44O2. The van der Waals surface area contributed by atoms with Crippen molar-refractivity contribution in [2.75, 3.05) is 0 Å². The first-order valence-electron chi connectivity index (χ1n) is 12.0. The summed E-state index contributed by atoms with van der Waals surface area (Å²) in [7, 11) is 0. The monoisotopic (exact) mass is 388 g/mol. The molecule has 0 amide bonds. The second kappa shape index (κ2) is 8.62. The summed E-state index contributed by atoms with van der Waals surface area (Å²) in [6.07, 6.45) is 14.9. The van der Waals surface area contributed by atoms with E-state index in [0.29, 0.717) is 17.1 Å². The molecule has 0 radical (unpaired) electrons. The van der Waals surface area contributed by atoms with Crippen LogP contribution in [0.1, 0.15) is 105 Å². The smallest absolute Gasteiger partial charge is 0.155 e. The first kappa shape index (κ1) is 22.1. The summed E-state index contributed by atoms with van der Waals surface area (Å²) in [6, 6.07) is 0. The highest BCUT2D eigenvalue weighted by Gasteiger charge is 2.53. The van der Waals surface area contributed by atoms with Crippen LogP contribution in [0.4, 0.5) is 0 Å². The predicted molar refractivity (Wildman–Crippen MR) is 117 cm³/mol. The van der Waals surface area contributed by atoms with Gasteiger partial charge in [0.2, 0.25) is 0 Å². The van der Waals surface area contributed by atoms with E-state index in [-0.39, 0.29) is 0 Å². The number of hydrogen-bond donors (Lipinski definition) is 1. The Morgan fingerprint density at radius 1 is 1.25 bits per heavy atom. The Morgan fingerprint density at radius 2 is 2.00 bits per heavy atom. The van der Waals surface area contributed by atoms with Crippen molar-refractivity contribution in [1.29, 1.82) is 0 Å². The third-order valence-corrected chi connectivity index (χ3v) is 8.85. The normalized spacial score (nSPS) is 37.5. The van der Waals surface area contributed by atoms with E-state index in [1.54, 1.807) is 0 Å². The quantitative estimate of drug-likeness (QED) is 0.526. The van der Waals surface area contributed by atoms with Gasteiger partial charge >= 0.3 is 0 Å². The maximum Gasteiger partial charge on any atom is 0.155 e. The maximum absolute atomic E-state index is 11.8. The highest BCUT2D eigenvalue weighted by atomic mass is 16.3. The molecule has 3 aliphatic rings. The lowest BCUT2D eigenvalue weighted by Crippen LogP contribution is -2.42. The highest BCUT2D eigenvalue weighted by Crippen LogP contribution is 2.62. The van der Waals surface area contributed by atoms with Crippen molar-refractivity contribution in [2.45, 2.75) is 111 Å². The minimum atomic E-state index is -0.540. The van der Waals surface area contributed by atoms with Crippen molar-refractivity contribution >= 4 is 5.78 Å². The van der Waals surface area contributed by atoms with Crippen LogP contribution in [0.3, 0.4) is 0 Å². The van der Waals surface area contributed by atoms with Gasteiger partial charge < -0.3 is 5.11 Å². The first-order valence-corrected chi connectivity index (χ1v) is 12.0. The van der Waals surface area contributed by atoms with Crippen molar-refractivity contribution < 1.29 is 9.90 Å². The molecule has 2 fully saturated rings. The van der Waals surface area contributed by atoms with E-state index in [9.17, 15) is 9.90 Å². The topological polar surface area (TPSA) is 37.3 Å². The van der Waals surface area contributed by atoms with Gasteiger partial charge in [-0.2, -0.15) is 0 Å². The van der Waals surface area contributed by atoms with Gasteiger partial charge in [0.15, 0.2) is 5.78 Å². The Hall–Kier alpha value is -0.630. The predicted octanol–water partition coefficient (Wildman–Crippen LogP) is 6.71. The number of fused-ring (bicyclic) bond motifs is 1. The van der Waals surface area contributed by atoms with Crippen LogP contribution in [0.15, 0.2) is 11.6 Å². The summed E-state index contributed by atoms with van der Waals surface area (Å²) >= 11 is 0. The second-order valence-electron chi connectivity index (χ2n) is 11.5. The SMILES string of the molecule is CC1CC[C@@]2(C)C(CCC2[C@H](C)CCC(C)(C)O)C1CCC1=CC(=O)CCC1. The zero-order chi connectivity index (χ0) is 20.5. The van der Waals surface area contributed by atoms with Crippen molar-refractivity contribution in [3.63, 3.8) is 0 Å². The Balaban J connectivity index is 1.65. The second-order valence-corrected chi connectivity index (χ2v) is 11.5. The molecule has 0 aromatic carbocycles. The van der Waals surface area contributed by atoms with Gasteiger partial charge in [0.1, 0.15) is 0 Å². The number of hydrogen-bond acceptors (Lipinski definition) is 2. The van der Waals surface area contributed by atoms with E-state index in [1.165, 1.54) is 37.7 Å². The number of rotatable bonds is 7. The summed E-state index contributed by atoms with van der Waals surface area (Å²) in [5, 5.41) is 10.2. The molecule has 160 valence electrons. The molecule has 4 unspecified atom stereocenters. The van der Waals surface area contributed by atoms with E-state index in [4.69, 9.17) is 0 Å². The molecule has 3 rings (SSSR count). The van der Waals surface area contributed by atoms with Crippen LogP contribution in [0.25, 0.3) is 0 Å². The van der Waals surface area contributed by atoms with E-state index < -0.39 is 5.60 Å². The van der Waals surface area contributed by atoms with Crippen LogP contribution in [0.2, 0.25) is 0 Å². The van der Waals surface area contributed by atoms with Gasteiger partial charge in [0.25, 0.3) is 0 Å². The van der Waals surface area contributed by atoms with Gasteiger partial charge in [0.05, 0.1) is 5.60 Å². The molecule has 2 saturated carbocycles. The first-order chi connectivity index (χ1) is 13.1. The van der Waals surface area contributed by atoms with Crippen LogP contribution < -0.4 is 0 Å². The third-order valence-electron chi connectivity index (χ3n) is 8.85. The molecule has 0 spiro atoms. The molecule has 0 aliphatic heterocycles. The molecule has 2 nitrogen and oxygen atoms in total. The van der Waals surface area contributed by atoms with Gasteiger partial charge in [-0.1, -0.05) is 26.3 Å². The summed E-state index contributed by atoms with van der Waals surface area (Å²) in [5.74, 6) is 4.36. The minimum absolute atomic E-state index is 0.351. The molecule has 0 saturated heterocycles. The van der Waals surface area contributed by atoms with Crippen LogP contribution in [-0.2, 0) is 4.79 Å². The van der Waals surface area contributed by atoms with Crippen molar-refractivity contribution in [3.05, 3.63) is 11.6 Å². The Morgan fingerprint density at radius 3 is 2.68 bits per heavy atom. The lowest BCUT2D eigenvalue weighted by atomic mass is 9.55. The largest absolute Gasteiger partial charge is 0.390 e. The lowest BCUT2D eigenvalue weighted by Gasteiger charge is -2.49. The third kappa shape index (κ3) is 4.91. The molecule has 0 aromatic heterocycles. The van der Waals surface area contributed by atoms with Gasteiger partial charge in [-0.3, -0.25) is 4.79 Å². The molecular weight excluding hydrogens is 344 g/mol. The van der Waals surface area contributed by atoms with Gasteiger partial charge in [-0.05, 0) is 119 Å². The molecule has 0 heterocycles. The van der Waals surface area contributed by atoms with Crippen LogP contribution in [-0.4, -0.2) is 16.5 Å². The van der Waals surface area contributed by atoms with E-state index in [1.807, 2.05) is 19.9 Å². The number of carbonyl (C=O) groups is 1. The Labute approximate surface area is 173 Å². The minimum Gasteiger partial charge on any atom is -0.390 e. The summed E-state index contributed by atoms with van der Waals surface area (Å²) in [4.78, 5) is 11.8. The number of carbonyl (C=O) groups excluding carboxylic acids is 1. The van der Waals surface area contributed by atoms with Crippen LogP contribution in [0.5, 0.6) is 0 Å². The maximum atomic E-state index is 11.8. The van der Waals surface area contributed by atoms with Crippen molar-refractivity contribution in [2.24, 2.45) is 35.0 Å². The molecule has 28 heavy (non-hydrogen) atoms. The van der Waals surface area contributed by atoms with Crippen LogP contribution in [0, 0.1) is 35.0 Å². The standard InChI is InChI=1S/C26H44O2/c1-18-14-16-26(5)23(19(2)13-15-25(3,4)28)11-12-24(26)22(18)10-9-20-7-6-8-21(27)17-20/h17-19,22-24,28H,6-16H2,1-5H3/t18?,19-,22?,23?,24?,26-/m1/s1. The summed E-state index contributed by atoms with van der Waals surface area (Å²) in [5.41, 5.74) is 1.36. The van der Waals surface area contributed by atoms with Crippen molar-refractivity contribution in [1.82, 2.24) is 0 Å². The summed E-state index contributed by atoms with van der Waals surface area (Å²) < 4.78 is 0. The fourth-order valence-corrected chi connectivity index (χ4v) is 7.13. The lowest BCUT2D eigenvalue weighted by molar-refractivity contribution is -0.115. The molecule has 0 bridgehead atoms. The fourth-order valence-electron chi connectivity index (χ4n) is 7.13. The molecule has 6 atom stereocenters. The zero-order valence-corrected chi connectivity index (χ0v) is 19.1. The van der Waals surface area contributed by atoms with Gasteiger partial charge in [-0.25, -0.2) is 0 Å². The molecule has 1 N–H and O–H groups in total. The average molecular weight is 389 g/mol. The average Bonchev–Trinajstić information content (AvgIpc) is 2.96. The Bertz CT molecular complexity index is 584. The molecule has 0 aromatic rings. The van der Waals surface area contributed by atoms with Crippen molar-refractivity contribution in [3.8, 4) is 0 Å². The zero-order valence-electron chi connectivity index (χ0n) is 19.1. The van der Waals surface area contributed by atoms with E-state index in [2.05, 4.69) is 20.8 Å². The molecule has 2 heteroatoms. The molecule has 3 aliphatic carbocycles. The van der Waals surface area contributed by atoms with Crippen LogP contribution >= 0.6 is 0 Å². The van der Waals surface area contributed by atoms with E-state index in [0.717, 1.165) is 62.2 Å². The van der Waals surface area contributed by atoms with Gasteiger partial charge in [-0.15, -0.1) is 0 Å². The number of ketones is 1. The Kier molecular flexibility index (Phi) is 6.79. The fraction of sp³-hybridized carbons (Fsp3) is 0.885. The highest BCUT2D eigenvalue weighted by molar-refractivity contribution is 5.91.